The van der Waals surface area contributed by atoms with E-state index in [0.717, 1.165) is 95.5 Å². The number of benzene rings is 4. The van der Waals surface area contributed by atoms with Crippen LogP contribution in [0, 0.1) is 0 Å². The number of carbonyl (C=O) groups is 2. The van der Waals surface area contributed by atoms with E-state index in [1.807, 2.05) is 72.8 Å². The summed E-state index contributed by atoms with van der Waals surface area (Å²) in [5, 5.41) is 5.69. The molecule has 54 heavy (non-hydrogen) atoms. The maximum Gasteiger partial charge on any atom is 0.272 e. The van der Waals surface area contributed by atoms with E-state index >= 15 is 0 Å². The van der Waals surface area contributed by atoms with Gasteiger partial charge in [-0.25, -0.2) is 4.98 Å². The van der Waals surface area contributed by atoms with Crippen molar-refractivity contribution in [1.82, 2.24) is 19.4 Å². The van der Waals surface area contributed by atoms with Gasteiger partial charge in [0.2, 0.25) is 5.91 Å². The minimum Gasteiger partial charge on any atom is -0.497 e. The van der Waals surface area contributed by atoms with E-state index in [-0.39, 0.29) is 17.9 Å². The molecule has 3 aliphatic heterocycles. The fourth-order valence-electron chi connectivity index (χ4n) is 8.59. The second kappa shape index (κ2) is 14.0. The summed E-state index contributed by atoms with van der Waals surface area (Å²) in [4.78, 5) is 40.3. The predicted octanol–water partition coefficient (Wildman–Crippen LogP) is 9.85. The number of ether oxygens (including phenoxy) is 1. The van der Waals surface area contributed by atoms with Gasteiger partial charge in [-0.3, -0.25) is 9.59 Å². The lowest BCUT2D eigenvalue weighted by Crippen LogP contribution is -2.49. The first-order valence-corrected chi connectivity index (χ1v) is 19.4. The summed E-state index contributed by atoms with van der Waals surface area (Å²) in [5.41, 5.74) is 7.50. The van der Waals surface area contributed by atoms with Crippen LogP contribution >= 0.6 is 34.8 Å². The molecule has 4 aromatic carbocycles. The number of methoxy groups -OCH3 is 1. The zero-order valence-electron chi connectivity index (χ0n) is 29.5. The molecule has 2 fully saturated rings. The van der Waals surface area contributed by atoms with Crippen molar-refractivity contribution in [3.05, 3.63) is 117 Å². The lowest BCUT2D eigenvalue weighted by molar-refractivity contribution is -0.136. The highest BCUT2D eigenvalue weighted by atomic mass is 35.5. The zero-order chi connectivity index (χ0) is 37.1. The third kappa shape index (κ3) is 5.99. The molecule has 274 valence electrons. The van der Waals surface area contributed by atoms with Crippen LogP contribution in [0.4, 0.5) is 11.4 Å². The smallest absolute Gasteiger partial charge is 0.272 e. The van der Waals surface area contributed by atoms with E-state index < -0.39 is 6.04 Å². The molecule has 0 radical (unpaired) electrons. The normalized spacial score (nSPS) is 17.2. The molecule has 2 amide bonds. The molecule has 5 heterocycles. The van der Waals surface area contributed by atoms with E-state index in [9.17, 15) is 9.59 Å². The summed E-state index contributed by atoms with van der Waals surface area (Å²) in [7, 11) is 1.62. The second-order valence-corrected chi connectivity index (χ2v) is 15.5. The van der Waals surface area contributed by atoms with Crippen molar-refractivity contribution in [2.45, 2.75) is 44.2 Å². The van der Waals surface area contributed by atoms with Crippen molar-refractivity contribution in [2.24, 2.45) is 0 Å². The molecule has 0 bridgehead atoms. The van der Waals surface area contributed by atoms with Crippen molar-refractivity contribution in [3.8, 4) is 28.3 Å². The van der Waals surface area contributed by atoms with E-state index in [0.29, 0.717) is 38.6 Å². The predicted molar refractivity (Wildman–Crippen MR) is 215 cm³/mol. The van der Waals surface area contributed by atoms with Crippen LogP contribution in [0.25, 0.3) is 33.4 Å². The highest BCUT2D eigenvalue weighted by molar-refractivity contribution is 6.35. The van der Waals surface area contributed by atoms with E-state index in [2.05, 4.69) is 24.7 Å². The number of hydrogen-bond acceptors (Lipinski definition) is 5. The Hall–Kier alpha value is -4.96. The summed E-state index contributed by atoms with van der Waals surface area (Å²) >= 11 is 20.1. The second-order valence-electron chi connectivity index (χ2n) is 14.2. The number of amides is 2. The summed E-state index contributed by atoms with van der Waals surface area (Å²) in [6.07, 6.45) is 6.22. The first-order chi connectivity index (χ1) is 26.3. The molecule has 9 rings (SSSR count). The third-order valence-electron chi connectivity index (χ3n) is 11.1. The zero-order valence-corrected chi connectivity index (χ0v) is 31.8. The molecule has 2 saturated heterocycles. The Labute approximate surface area is 327 Å². The Kier molecular flexibility index (Phi) is 9.04. The number of likely N-dealkylation sites (tertiary alicyclic amines) is 1. The SMILES string of the molecule is COc1ccc(N2CCC(N3CCCCC3=O)CC2)c(NC(=O)c2[nH]c3cc(Cl)cc4c3c2-c2c(-c3ccccc3)ncn2[C@@H]4c2ccc(Cl)cc2Cl)c1. The van der Waals surface area contributed by atoms with Gasteiger partial charge in [0.1, 0.15) is 11.4 Å². The highest BCUT2D eigenvalue weighted by Crippen LogP contribution is 2.51. The molecule has 3 aliphatic rings. The monoisotopic (exact) mass is 778 g/mol. The molecule has 1 atom stereocenters. The molecule has 12 heteroatoms. The number of nitrogens with zero attached hydrogens (tertiary/aromatic N) is 4. The minimum atomic E-state index is -0.400. The Morgan fingerprint density at radius 3 is 2.48 bits per heavy atom. The van der Waals surface area contributed by atoms with Crippen molar-refractivity contribution >= 4 is 68.9 Å². The lowest BCUT2D eigenvalue weighted by atomic mass is 9.87. The average Bonchev–Trinajstić information content (AvgIpc) is 3.79. The van der Waals surface area contributed by atoms with E-state index in [4.69, 9.17) is 44.5 Å². The summed E-state index contributed by atoms with van der Waals surface area (Å²) in [6.45, 7) is 2.36. The maximum absolute atomic E-state index is 14.8. The minimum absolute atomic E-state index is 0.237. The summed E-state index contributed by atoms with van der Waals surface area (Å²) < 4.78 is 7.70. The van der Waals surface area contributed by atoms with Gasteiger partial charge < -0.3 is 29.4 Å². The average molecular weight is 780 g/mol. The number of piperidine rings is 2. The van der Waals surface area contributed by atoms with Crippen LogP contribution in [0.5, 0.6) is 5.75 Å². The Balaban J connectivity index is 1.14. The third-order valence-corrected chi connectivity index (χ3v) is 11.9. The van der Waals surface area contributed by atoms with E-state index in [1.54, 1.807) is 19.5 Å². The molecule has 0 unspecified atom stereocenters. The molecule has 2 aromatic heterocycles. The van der Waals surface area contributed by atoms with Crippen LogP contribution < -0.4 is 15.0 Å². The first-order valence-electron chi connectivity index (χ1n) is 18.3. The highest BCUT2D eigenvalue weighted by Gasteiger charge is 2.37. The number of aromatic amines is 1. The Bertz CT molecular complexity index is 2440. The lowest BCUT2D eigenvalue weighted by Gasteiger charge is -2.41. The van der Waals surface area contributed by atoms with Gasteiger partial charge in [0.25, 0.3) is 5.91 Å². The summed E-state index contributed by atoms with van der Waals surface area (Å²) in [5.74, 6) is 0.575. The Morgan fingerprint density at radius 2 is 1.72 bits per heavy atom. The van der Waals surface area contributed by atoms with Gasteiger partial charge in [0.05, 0.1) is 42.2 Å². The van der Waals surface area contributed by atoms with Gasteiger partial charge in [-0.15, -0.1) is 0 Å². The van der Waals surface area contributed by atoms with Gasteiger partial charge in [-0.05, 0) is 73.2 Å². The van der Waals surface area contributed by atoms with Crippen LogP contribution in [-0.2, 0) is 4.79 Å². The number of anilines is 2. The number of aromatic nitrogens is 3. The number of carbonyl (C=O) groups excluding carboxylic acids is 2. The van der Waals surface area contributed by atoms with Crippen LogP contribution in [0.15, 0.2) is 85.2 Å². The molecule has 9 nitrogen and oxygen atoms in total. The largest absolute Gasteiger partial charge is 0.497 e. The van der Waals surface area contributed by atoms with Gasteiger partial charge >= 0.3 is 0 Å². The summed E-state index contributed by atoms with van der Waals surface area (Å²) in [6, 6.07) is 24.8. The molecule has 0 aliphatic carbocycles. The number of rotatable bonds is 7. The van der Waals surface area contributed by atoms with Gasteiger partial charge in [-0.2, -0.15) is 0 Å². The molecule has 0 saturated carbocycles. The standard InChI is InChI=1S/C42H37Cl3N6O3/c1-54-28-11-13-34(49-17-14-27(15-18-49)50-16-6-5-9-35(50)52)32(22-28)48-42(53)39-37-36-30(19-26(44)21-33(36)47-39)40(29-12-10-25(43)20-31(29)45)51-23-46-38(41(37)51)24-7-3-2-4-8-24/h2-4,7-8,10-13,19-23,27,40,47H,5-6,9,14-18H2,1H3,(H,48,53)/t40-/m1/s1. The fourth-order valence-corrected chi connectivity index (χ4v) is 9.33. The molecular weight excluding hydrogens is 743 g/mol. The fraction of sp³-hybridized carbons (Fsp3) is 0.262. The molecule has 6 aromatic rings. The first kappa shape index (κ1) is 34.8. The topological polar surface area (TPSA) is 95.5 Å². The van der Waals surface area contributed by atoms with Gasteiger partial charge in [0.15, 0.2) is 0 Å². The number of H-pyrrole nitrogens is 1. The van der Waals surface area contributed by atoms with Crippen molar-refractivity contribution in [3.63, 3.8) is 0 Å². The van der Waals surface area contributed by atoms with E-state index in [1.165, 1.54) is 0 Å². The van der Waals surface area contributed by atoms with Crippen LogP contribution in [0.2, 0.25) is 15.1 Å². The molecule has 0 spiro atoms. The molecular formula is C42H37Cl3N6O3. The number of halogens is 3. The van der Waals surface area contributed by atoms with Gasteiger partial charge in [0, 0.05) is 75.3 Å². The van der Waals surface area contributed by atoms with Crippen LogP contribution in [-0.4, -0.2) is 64.0 Å². The quantitative estimate of drug-likeness (QED) is 0.168. The van der Waals surface area contributed by atoms with Crippen molar-refractivity contribution < 1.29 is 14.3 Å². The number of imidazole rings is 1. The maximum atomic E-state index is 14.8. The van der Waals surface area contributed by atoms with Gasteiger partial charge in [-0.1, -0.05) is 71.2 Å². The van der Waals surface area contributed by atoms with Crippen LogP contribution in [0.1, 0.15) is 59.8 Å². The number of fused-ring (bicyclic) bond motifs is 2. The number of hydrogen-bond donors (Lipinski definition) is 2. The Morgan fingerprint density at radius 1 is 0.907 bits per heavy atom. The molecule has 2 N–H and O–H groups in total. The van der Waals surface area contributed by atoms with Crippen LogP contribution in [0.3, 0.4) is 0 Å². The number of nitrogens with one attached hydrogen (secondary N) is 2. The van der Waals surface area contributed by atoms with Crippen molar-refractivity contribution in [1.29, 1.82) is 0 Å². The van der Waals surface area contributed by atoms with Crippen molar-refractivity contribution in [2.75, 3.05) is 37.0 Å².